The number of aromatic amines is 1. The molecule has 5 rings (SSSR count). The Hall–Kier alpha value is -2.65. The molecule has 1 fully saturated rings. The molecule has 1 atom stereocenters. The van der Waals surface area contributed by atoms with E-state index in [9.17, 15) is 13.2 Å². The first-order valence-corrected chi connectivity index (χ1v) is 9.97. The molecule has 2 aliphatic rings. The number of nitrogen functional groups attached to an aromatic ring is 1. The first-order valence-electron chi connectivity index (χ1n) is 9.97. The third-order valence-corrected chi connectivity index (χ3v) is 5.64. The van der Waals surface area contributed by atoms with E-state index in [0.29, 0.717) is 0 Å². The number of anilines is 1. The van der Waals surface area contributed by atoms with E-state index in [1.54, 1.807) is 11.1 Å². The predicted octanol–water partition coefficient (Wildman–Crippen LogP) is 3.44. The average Bonchev–Trinajstić information content (AvgIpc) is 3.21. The molecule has 30 heavy (non-hydrogen) atoms. The van der Waals surface area contributed by atoms with Crippen LogP contribution in [0, 0.1) is 0 Å². The van der Waals surface area contributed by atoms with Crippen molar-refractivity contribution in [2.45, 2.75) is 31.5 Å². The molecule has 1 aliphatic carbocycles. The molecule has 9 heteroatoms. The Morgan fingerprint density at radius 2 is 1.83 bits per heavy atom. The summed E-state index contributed by atoms with van der Waals surface area (Å²) >= 11 is 0. The second-order valence-electron chi connectivity index (χ2n) is 7.52. The largest absolute Gasteiger partial charge is 0.431 e. The minimum Gasteiger partial charge on any atom is -0.383 e. The summed E-state index contributed by atoms with van der Waals surface area (Å²) in [6.07, 6.45) is 0.479. The van der Waals surface area contributed by atoms with Crippen molar-refractivity contribution in [1.29, 1.82) is 0 Å². The molecule has 0 spiro atoms. The lowest BCUT2D eigenvalue weighted by Gasteiger charge is -2.37. The zero-order chi connectivity index (χ0) is 21.1. The number of H-pyrrole nitrogens is 1. The van der Waals surface area contributed by atoms with Gasteiger partial charge in [0.25, 0.3) is 0 Å². The van der Waals surface area contributed by atoms with Crippen LogP contribution < -0.4 is 5.73 Å². The molecular formula is C21H24F3N5O. The molecule has 1 saturated heterocycles. The number of morpholine rings is 1. The monoisotopic (exact) mass is 419 g/mol. The van der Waals surface area contributed by atoms with E-state index in [2.05, 4.69) is 44.1 Å². The van der Waals surface area contributed by atoms with Crippen LogP contribution in [0.3, 0.4) is 0 Å². The maximum absolute atomic E-state index is 12.2. The minimum absolute atomic E-state index is 0.0294. The van der Waals surface area contributed by atoms with E-state index in [1.807, 2.05) is 0 Å². The summed E-state index contributed by atoms with van der Waals surface area (Å²) in [6, 6.07) is 10.5. The zero-order valence-electron chi connectivity index (χ0n) is 16.5. The number of nitrogens with zero attached hydrogens (tertiary/aromatic N) is 3. The van der Waals surface area contributed by atoms with Gasteiger partial charge in [0.1, 0.15) is 23.5 Å². The second kappa shape index (κ2) is 8.61. The van der Waals surface area contributed by atoms with Crippen LogP contribution in [-0.4, -0.2) is 52.2 Å². The number of nitrogens with one attached hydrogen (secondary N) is 1. The number of alkyl halides is 3. The summed E-state index contributed by atoms with van der Waals surface area (Å²) < 4.78 is 42.1. The lowest BCUT2D eigenvalue weighted by Crippen LogP contribution is -2.45. The molecule has 0 amide bonds. The Labute approximate surface area is 172 Å². The molecular weight excluding hydrogens is 395 g/mol. The van der Waals surface area contributed by atoms with Crippen molar-refractivity contribution in [1.82, 2.24) is 19.9 Å². The van der Waals surface area contributed by atoms with Gasteiger partial charge in [0.15, 0.2) is 0 Å². The smallest absolute Gasteiger partial charge is 0.383 e. The zero-order valence-corrected chi connectivity index (χ0v) is 16.5. The molecule has 160 valence electrons. The molecule has 3 heterocycles. The Bertz CT molecular complexity index is 998. The van der Waals surface area contributed by atoms with Crippen LogP contribution in [0.5, 0.6) is 0 Å². The lowest BCUT2D eigenvalue weighted by molar-refractivity contribution is -0.140. The highest BCUT2D eigenvalue weighted by molar-refractivity contribution is 5.86. The molecule has 6 nitrogen and oxygen atoms in total. The molecule has 0 bridgehead atoms. The van der Waals surface area contributed by atoms with Crippen LogP contribution in [0.2, 0.25) is 0 Å². The Morgan fingerprint density at radius 1 is 1.10 bits per heavy atom. The Morgan fingerprint density at radius 3 is 2.53 bits per heavy atom. The van der Waals surface area contributed by atoms with Gasteiger partial charge in [-0.3, -0.25) is 4.90 Å². The van der Waals surface area contributed by atoms with Crippen molar-refractivity contribution in [2.24, 2.45) is 0 Å². The molecule has 2 aromatic heterocycles. The van der Waals surface area contributed by atoms with E-state index in [1.165, 1.54) is 19.3 Å². The normalized spacial score (nSPS) is 19.8. The van der Waals surface area contributed by atoms with Gasteiger partial charge in [0.05, 0.1) is 18.6 Å². The summed E-state index contributed by atoms with van der Waals surface area (Å²) in [5.41, 5.74) is 7.71. The molecule has 1 unspecified atom stereocenters. The predicted molar refractivity (Wildman–Crippen MR) is 108 cm³/mol. The highest BCUT2D eigenvalue weighted by Gasteiger charge is 2.33. The first kappa shape index (κ1) is 20.6. The SMILES string of the molecule is Nc1ncnc2[nH]c(C(F)(F)F)cc12.c1ccc2c(c1)CCC(N1CCOCC1)C2. The van der Waals surface area contributed by atoms with Crippen molar-refractivity contribution in [2.75, 3.05) is 32.0 Å². The molecule has 0 radical (unpaired) electrons. The lowest BCUT2D eigenvalue weighted by atomic mass is 9.87. The van der Waals surface area contributed by atoms with Crippen molar-refractivity contribution in [3.8, 4) is 0 Å². The summed E-state index contributed by atoms with van der Waals surface area (Å²) in [5.74, 6) is 0.0294. The second-order valence-corrected chi connectivity index (χ2v) is 7.52. The summed E-state index contributed by atoms with van der Waals surface area (Å²) in [6.45, 7) is 4.07. The molecule has 3 N–H and O–H groups in total. The van der Waals surface area contributed by atoms with Crippen molar-refractivity contribution in [3.63, 3.8) is 0 Å². The fourth-order valence-corrected chi connectivity index (χ4v) is 4.04. The molecule has 1 aromatic carbocycles. The highest BCUT2D eigenvalue weighted by atomic mass is 19.4. The van der Waals surface area contributed by atoms with Crippen LogP contribution in [0.4, 0.5) is 19.0 Å². The number of fused-ring (bicyclic) bond motifs is 2. The fourth-order valence-electron chi connectivity index (χ4n) is 4.04. The van der Waals surface area contributed by atoms with Gasteiger partial charge in [-0.05, 0) is 36.5 Å². The molecule has 3 aromatic rings. The van der Waals surface area contributed by atoms with Gasteiger partial charge in [-0.15, -0.1) is 0 Å². The average molecular weight is 419 g/mol. The van der Waals surface area contributed by atoms with E-state index < -0.39 is 11.9 Å². The van der Waals surface area contributed by atoms with Gasteiger partial charge >= 0.3 is 6.18 Å². The van der Waals surface area contributed by atoms with Gasteiger partial charge in [0, 0.05) is 19.1 Å². The number of ether oxygens (including phenoxy) is 1. The number of rotatable bonds is 1. The number of benzene rings is 1. The van der Waals surface area contributed by atoms with Gasteiger partial charge in [-0.25, -0.2) is 9.97 Å². The Balaban J connectivity index is 0.000000147. The summed E-state index contributed by atoms with van der Waals surface area (Å²) in [5, 5.41) is 0.180. The van der Waals surface area contributed by atoms with Gasteiger partial charge in [-0.1, -0.05) is 24.3 Å². The quantitative estimate of drug-likeness (QED) is 0.632. The van der Waals surface area contributed by atoms with Crippen molar-refractivity contribution in [3.05, 3.63) is 53.5 Å². The number of nitrogens with two attached hydrogens (primary N) is 1. The summed E-state index contributed by atoms with van der Waals surface area (Å²) in [7, 11) is 0. The van der Waals surface area contributed by atoms with Crippen LogP contribution in [0.1, 0.15) is 23.2 Å². The standard InChI is InChI=1S/C14H19NO.C7H5F3N4/c1-2-4-13-11-14(6-5-12(13)3-1)15-7-9-16-10-8-15;8-7(9,10)4-1-3-5(11)12-2-13-6(3)14-4/h1-4,14H,5-11H2;1-2H,(H3,11,12,13,14). The number of hydrogen-bond acceptors (Lipinski definition) is 5. The van der Waals surface area contributed by atoms with Crippen LogP contribution in [0.15, 0.2) is 36.7 Å². The van der Waals surface area contributed by atoms with E-state index in [-0.39, 0.29) is 16.9 Å². The van der Waals surface area contributed by atoms with Gasteiger partial charge in [-0.2, -0.15) is 13.2 Å². The minimum atomic E-state index is -4.42. The third-order valence-electron chi connectivity index (χ3n) is 5.64. The van der Waals surface area contributed by atoms with Crippen molar-refractivity contribution < 1.29 is 17.9 Å². The third kappa shape index (κ3) is 4.57. The Kier molecular flexibility index (Phi) is 5.92. The van der Waals surface area contributed by atoms with E-state index in [0.717, 1.165) is 44.7 Å². The van der Waals surface area contributed by atoms with Crippen LogP contribution in [0.25, 0.3) is 11.0 Å². The van der Waals surface area contributed by atoms with Gasteiger partial charge < -0.3 is 15.5 Å². The maximum Gasteiger partial charge on any atom is 0.431 e. The fraction of sp³-hybridized carbons (Fsp3) is 0.429. The van der Waals surface area contributed by atoms with E-state index >= 15 is 0 Å². The van der Waals surface area contributed by atoms with Crippen molar-refractivity contribution >= 4 is 16.9 Å². The number of halogens is 3. The van der Waals surface area contributed by atoms with Crippen LogP contribution in [-0.2, 0) is 23.8 Å². The number of aryl methyl sites for hydroxylation is 1. The first-order chi connectivity index (χ1) is 14.4. The van der Waals surface area contributed by atoms with Gasteiger partial charge in [0.2, 0.25) is 0 Å². The highest BCUT2D eigenvalue weighted by Crippen LogP contribution is 2.31. The van der Waals surface area contributed by atoms with E-state index in [4.69, 9.17) is 10.5 Å². The molecule has 1 aliphatic heterocycles. The number of hydrogen-bond donors (Lipinski definition) is 2. The molecule has 0 saturated carbocycles. The number of aromatic nitrogens is 3. The summed E-state index contributed by atoms with van der Waals surface area (Å²) in [4.78, 5) is 11.9. The maximum atomic E-state index is 12.2. The van der Waals surface area contributed by atoms with Crippen LogP contribution >= 0.6 is 0 Å². The topological polar surface area (TPSA) is 80.1 Å².